The number of aliphatic hydroxyl groups excluding tert-OH is 1. The van der Waals surface area contributed by atoms with Gasteiger partial charge in [-0.25, -0.2) is 4.98 Å². The molecule has 1 aliphatic heterocycles. The summed E-state index contributed by atoms with van der Waals surface area (Å²) >= 11 is 0. The quantitative estimate of drug-likeness (QED) is 0.788. The molecule has 0 bridgehead atoms. The van der Waals surface area contributed by atoms with E-state index in [2.05, 4.69) is 9.97 Å². The van der Waals surface area contributed by atoms with Crippen LogP contribution in [0, 0.1) is 0 Å². The zero-order valence-electron chi connectivity index (χ0n) is 8.87. The van der Waals surface area contributed by atoms with Crippen LogP contribution in [0.3, 0.4) is 0 Å². The number of fused-ring (bicyclic) bond motifs is 1. The van der Waals surface area contributed by atoms with Crippen molar-refractivity contribution in [2.45, 2.75) is 25.5 Å². The number of aromatic nitrogens is 3. The molecule has 1 aliphatic rings. The van der Waals surface area contributed by atoms with Crippen LogP contribution in [-0.4, -0.2) is 19.6 Å². The zero-order valence-corrected chi connectivity index (χ0v) is 8.87. The molecule has 4 nitrogen and oxygen atoms in total. The molecule has 1 N–H and O–H groups in total. The molecule has 0 aliphatic carbocycles. The second-order valence-electron chi connectivity index (χ2n) is 4.06. The number of aliphatic hydroxyl groups is 1. The highest BCUT2D eigenvalue weighted by atomic mass is 16.3. The van der Waals surface area contributed by atoms with Crippen molar-refractivity contribution >= 4 is 0 Å². The highest BCUT2D eigenvalue weighted by molar-refractivity contribution is 5.54. The number of hydrogen-bond donors (Lipinski definition) is 1. The van der Waals surface area contributed by atoms with Gasteiger partial charge in [0.2, 0.25) is 0 Å². The number of rotatable bonds is 1. The summed E-state index contributed by atoms with van der Waals surface area (Å²) in [7, 11) is 0. The second kappa shape index (κ2) is 3.72. The van der Waals surface area contributed by atoms with Gasteiger partial charge in [-0.2, -0.15) is 0 Å². The van der Waals surface area contributed by atoms with Gasteiger partial charge in [0.05, 0.1) is 0 Å². The molecule has 3 heterocycles. The van der Waals surface area contributed by atoms with Crippen molar-refractivity contribution in [1.29, 1.82) is 0 Å². The molecule has 2 aromatic rings. The number of aryl methyl sites for hydroxylation is 1. The fourth-order valence-corrected chi connectivity index (χ4v) is 2.22. The first-order valence-corrected chi connectivity index (χ1v) is 5.51. The second-order valence-corrected chi connectivity index (χ2v) is 4.06. The zero-order chi connectivity index (χ0) is 11.0. The van der Waals surface area contributed by atoms with Gasteiger partial charge < -0.3 is 9.67 Å². The maximum atomic E-state index is 9.99. The smallest absolute Gasteiger partial charge is 0.143 e. The Balaban J connectivity index is 2.13. The molecule has 0 fully saturated rings. The lowest BCUT2D eigenvalue weighted by molar-refractivity contribution is 0.0807. The summed E-state index contributed by atoms with van der Waals surface area (Å²) in [6.07, 6.45) is 7.74. The molecule has 1 unspecified atom stereocenters. The van der Waals surface area contributed by atoms with E-state index >= 15 is 0 Å². The minimum absolute atomic E-state index is 0.443. The van der Waals surface area contributed by atoms with Gasteiger partial charge in [-0.3, -0.25) is 4.98 Å². The van der Waals surface area contributed by atoms with Crippen molar-refractivity contribution < 1.29 is 5.11 Å². The lowest BCUT2D eigenvalue weighted by Crippen LogP contribution is -2.17. The molecular weight excluding hydrogens is 202 g/mol. The largest absolute Gasteiger partial charge is 0.373 e. The van der Waals surface area contributed by atoms with E-state index in [-0.39, 0.29) is 0 Å². The Labute approximate surface area is 93.6 Å². The number of nitrogens with zero attached hydrogens (tertiary/aromatic N) is 3. The third kappa shape index (κ3) is 1.42. The van der Waals surface area contributed by atoms with Crippen LogP contribution >= 0.6 is 0 Å². The Morgan fingerprint density at radius 2 is 2.31 bits per heavy atom. The van der Waals surface area contributed by atoms with E-state index in [9.17, 15) is 5.11 Å². The Morgan fingerprint density at radius 1 is 1.38 bits per heavy atom. The summed E-state index contributed by atoms with van der Waals surface area (Å²) in [6, 6.07) is 3.84. The van der Waals surface area contributed by atoms with E-state index in [0.717, 1.165) is 36.3 Å². The molecule has 0 saturated heterocycles. The van der Waals surface area contributed by atoms with Gasteiger partial charge in [0.1, 0.15) is 12.1 Å². The highest BCUT2D eigenvalue weighted by Crippen LogP contribution is 2.29. The molecule has 0 spiro atoms. The van der Waals surface area contributed by atoms with Crippen LogP contribution in [0.5, 0.6) is 0 Å². The summed E-state index contributed by atoms with van der Waals surface area (Å²) in [5.41, 5.74) is 2.06. The summed E-state index contributed by atoms with van der Waals surface area (Å²) in [5.74, 6) is 0.815. The summed E-state index contributed by atoms with van der Waals surface area (Å²) in [4.78, 5) is 8.46. The summed E-state index contributed by atoms with van der Waals surface area (Å²) in [6.45, 7) is 0. The average Bonchev–Trinajstić information content (AvgIpc) is 2.75. The van der Waals surface area contributed by atoms with E-state index in [1.807, 2.05) is 22.9 Å². The fraction of sp³-hybridized carbons (Fsp3) is 0.333. The fourth-order valence-electron chi connectivity index (χ4n) is 2.22. The van der Waals surface area contributed by atoms with Crippen LogP contribution in [0.4, 0.5) is 0 Å². The van der Waals surface area contributed by atoms with Gasteiger partial charge >= 0.3 is 0 Å². The summed E-state index contributed by atoms with van der Waals surface area (Å²) in [5, 5.41) is 9.99. The van der Waals surface area contributed by atoms with Crippen LogP contribution in [0.1, 0.15) is 24.8 Å². The third-order valence-electron chi connectivity index (χ3n) is 2.99. The van der Waals surface area contributed by atoms with Crippen molar-refractivity contribution in [3.8, 4) is 11.4 Å². The molecule has 0 saturated carbocycles. The van der Waals surface area contributed by atoms with Gasteiger partial charge in [-0.05, 0) is 31.4 Å². The van der Waals surface area contributed by atoms with Crippen molar-refractivity contribution in [2.75, 3.05) is 0 Å². The molecule has 0 aromatic carbocycles. The topological polar surface area (TPSA) is 50.9 Å². The first kappa shape index (κ1) is 9.54. The Bertz CT molecular complexity index is 492. The Hall–Kier alpha value is -1.68. The molecule has 0 amide bonds. The number of hydrogen-bond acceptors (Lipinski definition) is 3. The number of imidazole rings is 1. The standard InChI is InChI=1S/C12H13N3O/c16-11-5-1-4-10-8-14-12(15(10)11)9-3-2-6-13-7-9/h2-3,6-8,11,16H,1,4-5H2. The minimum Gasteiger partial charge on any atom is -0.373 e. The Morgan fingerprint density at radius 3 is 3.12 bits per heavy atom. The maximum Gasteiger partial charge on any atom is 0.143 e. The predicted octanol–water partition coefficient (Wildman–Crippen LogP) is 1.77. The van der Waals surface area contributed by atoms with Crippen molar-refractivity contribution in [3.63, 3.8) is 0 Å². The third-order valence-corrected chi connectivity index (χ3v) is 2.99. The SMILES string of the molecule is OC1CCCc2cnc(-c3cccnc3)n21. The van der Waals surface area contributed by atoms with E-state index in [4.69, 9.17) is 0 Å². The molecular formula is C12H13N3O. The van der Waals surface area contributed by atoms with Gasteiger partial charge in [-0.15, -0.1) is 0 Å². The van der Waals surface area contributed by atoms with Crippen LogP contribution in [-0.2, 0) is 6.42 Å². The van der Waals surface area contributed by atoms with Crippen LogP contribution in [0.2, 0.25) is 0 Å². The molecule has 0 radical (unpaired) electrons. The van der Waals surface area contributed by atoms with Crippen LogP contribution in [0.25, 0.3) is 11.4 Å². The monoisotopic (exact) mass is 215 g/mol. The molecule has 3 rings (SSSR count). The molecule has 4 heteroatoms. The Kier molecular flexibility index (Phi) is 2.22. The van der Waals surface area contributed by atoms with Crippen molar-refractivity contribution in [1.82, 2.24) is 14.5 Å². The van der Waals surface area contributed by atoms with E-state index in [1.54, 1.807) is 12.4 Å². The van der Waals surface area contributed by atoms with Gasteiger partial charge in [0, 0.05) is 29.8 Å². The van der Waals surface area contributed by atoms with Gasteiger partial charge in [0.25, 0.3) is 0 Å². The lowest BCUT2D eigenvalue weighted by atomic mass is 10.1. The first-order valence-electron chi connectivity index (χ1n) is 5.51. The molecule has 16 heavy (non-hydrogen) atoms. The predicted molar refractivity (Wildman–Crippen MR) is 59.7 cm³/mol. The molecule has 82 valence electrons. The van der Waals surface area contributed by atoms with Gasteiger partial charge in [-0.1, -0.05) is 0 Å². The molecule has 1 atom stereocenters. The average molecular weight is 215 g/mol. The lowest BCUT2D eigenvalue weighted by Gasteiger charge is -2.22. The van der Waals surface area contributed by atoms with E-state index in [1.165, 1.54) is 0 Å². The number of pyridine rings is 1. The highest BCUT2D eigenvalue weighted by Gasteiger charge is 2.21. The van der Waals surface area contributed by atoms with E-state index in [0.29, 0.717) is 0 Å². The normalized spacial score (nSPS) is 19.4. The minimum atomic E-state index is -0.443. The van der Waals surface area contributed by atoms with Crippen molar-refractivity contribution in [3.05, 3.63) is 36.4 Å². The van der Waals surface area contributed by atoms with E-state index < -0.39 is 6.23 Å². The van der Waals surface area contributed by atoms with Gasteiger partial charge in [0.15, 0.2) is 0 Å². The summed E-state index contributed by atoms with van der Waals surface area (Å²) < 4.78 is 1.92. The molecule has 2 aromatic heterocycles. The van der Waals surface area contributed by atoms with Crippen LogP contribution in [0.15, 0.2) is 30.7 Å². The first-order chi connectivity index (χ1) is 7.86. The maximum absolute atomic E-state index is 9.99. The van der Waals surface area contributed by atoms with Crippen LogP contribution < -0.4 is 0 Å². The van der Waals surface area contributed by atoms with Crippen molar-refractivity contribution in [2.24, 2.45) is 0 Å².